The van der Waals surface area contributed by atoms with Crippen LogP contribution >= 0.6 is 0 Å². The SMILES string of the molecule is CNc1cc(C)nc(Nc2nc3c(c(C4=CCNC(C)CC4)c2C)OCC3)c1. The summed E-state index contributed by atoms with van der Waals surface area (Å²) >= 11 is 0. The van der Waals surface area contributed by atoms with E-state index in [0.29, 0.717) is 12.6 Å². The maximum Gasteiger partial charge on any atom is 0.148 e. The highest BCUT2D eigenvalue weighted by Gasteiger charge is 2.26. The first-order chi connectivity index (χ1) is 13.5. The van der Waals surface area contributed by atoms with E-state index in [1.54, 1.807) is 0 Å². The lowest BCUT2D eigenvalue weighted by atomic mass is 9.94. The van der Waals surface area contributed by atoms with Crippen LogP contribution in [-0.2, 0) is 6.42 Å². The number of hydrogen-bond donors (Lipinski definition) is 3. The van der Waals surface area contributed by atoms with E-state index >= 15 is 0 Å². The normalized spacial score (nSPS) is 18.7. The van der Waals surface area contributed by atoms with Crippen LogP contribution in [0.2, 0.25) is 0 Å². The van der Waals surface area contributed by atoms with Gasteiger partial charge in [0.2, 0.25) is 0 Å². The Morgan fingerprint density at radius 3 is 2.86 bits per heavy atom. The smallest absolute Gasteiger partial charge is 0.148 e. The van der Waals surface area contributed by atoms with E-state index in [4.69, 9.17) is 9.72 Å². The topological polar surface area (TPSA) is 71.1 Å². The average molecular weight is 380 g/mol. The van der Waals surface area contributed by atoms with Crippen molar-refractivity contribution in [2.45, 2.75) is 46.1 Å². The van der Waals surface area contributed by atoms with Crippen LogP contribution in [0, 0.1) is 13.8 Å². The first kappa shape index (κ1) is 18.7. The molecule has 1 unspecified atom stereocenters. The van der Waals surface area contributed by atoms with Gasteiger partial charge in [-0.1, -0.05) is 6.08 Å². The predicted octanol–water partition coefficient (Wildman–Crippen LogP) is 3.97. The Balaban J connectivity index is 1.75. The van der Waals surface area contributed by atoms with E-state index in [1.165, 1.54) is 11.1 Å². The Hall–Kier alpha value is -2.60. The lowest BCUT2D eigenvalue weighted by molar-refractivity contribution is 0.355. The number of fused-ring (bicyclic) bond motifs is 1. The number of nitrogens with one attached hydrogen (secondary N) is 3. The van der Waals surface area contributed by atoms with Crippen molar-refractivity contribution >= 4 is 22.9 Å². The average Bonchev–Trinajstić information content (AvgIpc) is 3.02. The van der Waals surface area contributed by atoms with E-state index < -0.39 is 0 Å². The molecule has 0 amide bonds. The van der Waals surface area contributed by atoms with Gasteiger partial charge in [-0.2, -0.15) is 0 Å². The molecule has 2 aromatic rings. The fourth-order valence-corrected chi connectivity index (χ4v) is 3.97. The first-order valence-electron chi connectivity index (χ1n) is 10.1. The van der Waals surface area contributed by atoms with Crippen LogP contribution < -0.4 is 20.7 Å². The Morgan fingerprint density at radius 1 is 1.18 bits per heavy atom. The summed E-state index contributed by atoms with van der Waals surface area (Å²) in [6, 6.07) is 4.56. The summed E-state index contributed by atoms with van der Waals surface area (Å²) in [5, 5.41) is 10.2. The Morgan fingerprint density at radius 2 is 2.04 bits per heavy atom. The summed E-state index contributed by atoms with van der Waals surface area (Å²) in [6.45, 7) is 7.96. The molecule has 148 valence electrons. The zero-order valence-corrected chi connectivity index (χ0v) is 17.1. The molecule has 28 heavy (non-hydrogen) atoms. The van der Waals surface area contributed by atoms with Crippen molar-refractivity contribution < 1.29 is 4.74 Å². The number of hydrogen-bond acceptors (Lipinski definition) is 6. The zero-order valence-electron chi connectivity index (χ0n) is 17.1. The van der Waals surface area contributed by atoms with Crippen molar-refractivity contribution in [2.24, 2.45) is 0 Å². The fourth-order valence-electron chi connectivity index (χ4n) is 3.97. The van der Waals surface area contributed by atoms with Gasteiger partial charge >= 0.3 is 0 Å². The molecule has 0 spiro atoms. The Bertz CT molecular complexity index is 922. The number of aryl methyl sites for hydroxylation is 1. The summed E-state index contributed by atoms with van der Waals surface area (Å²) in [7, 11) is 1.92. The van der Waals surface area contributed by atoms with Gasteiger partial charge in [0.05, 0.1) is 12.3 Å². The number of ether oxygens (including phenoxy) is 1. The fraction of sp³-hybridized carbons (Fsp3) is 0.455. The minimum absolute atomic E-state index is 0.527. The molecule has 0 bridgehead atoms. The molecule has 6 heteroatoms. The molecule has 0 aromatic carbocycles. The summed E-state index contributed by atoms with van der Waals surface area (Å²) in [6.07, 6.45) is 5.32. The van der Waals surface area contributed by atoms with E-state index in [1.807, 2.05) is 26.1 Å². The van der Waals surface area contributed by atoms with Crippen molar-refractivity contribution in [2.75, 3.05) is 30.8 Å². The largest absolute Gasteiger partial charge is 0.491 e. The monoisotopic (exact) mass is 379 g/mol. The van der Waals surface area contributed by atoms with Gasteiger partial charge in [-0.25, -0.2) is 9.97 Å². The summed E-state index contributed by atoms with van der Waals surface area (Å²) < 4.78 is 6.01. The summed E-state index contributed by atoms with van der Waals surface area (Å²) in [4.78, 5) is 9.52. The molecule has 0 saturated carbocycles. The van der Waals surface area contributed by atoms with Gasteiger partial charge in [-0.3, -0.25) is 0 Å². The second-order valence-electron chi connectivity index (χ2n) is 7.67. The van der Waals surface area contributed by atoms with Crippen LogP contribution in [0.3, 0.4) is 0 Å². The zero-order chi connectivity index (χ0) is 19.7. The van der Waals surface area contributed by atoms with Crippen LogP contribution in [0.5, 0.6) is 5.75 Å². The van der Waals surface area contributed by atoms with Gasteiger partial charge in [-0.15, -0.1) is 0 Å². The standard InChI is InChI=1S/C22H29N5O/c1-13-5-6-16(7-9-24-13)20-15(3)22(26-18-8-10-28-21(18)20)27-19-12-17(23-4)11-14(2)25-19/h7,11-13,24H,5-6,8-10H2,1-4H3,(H2,23,25,26,27). The molecule has 4 rings (SSSR count). The van der Waals surface area contributed by atoms with Gasteiger partial charge in [0.1, 0.15) is 17.4 Å². The van der Waals surface area contributed by atoms with Crippen molar-refractivity contribution in [3.8, 4) is 5.75 Å². The quantitative estimate of drug-likeness (QED) is 0.747. The van der Waals surface area contributed by atoms with Gasteiger partial charge in [0.25, 0.3) is 0 Å². The van der Waals surface area contributed by atoms with Crippen LogP contribution in [-0.4, -0.2) is 36.2 Å². The van der Waals surface area contributed by atoms with Crippen molar-refractivity contribution in [3.05, 3.63) is 40.7 Å². The minimum Gasteiger partial charge on any atom is -0.491 e. The predicted molar refractivity (Wildman–Crippen MR) is 115 cm³/mol. The second-order valence-corrected chi connectivity index (χ2v) is 7.67. The highest BCUT2D eigenvalue weighted by molar-refractivity contribution is 5.79. The third-order valence-electron chi connectivity index (χ3n) is 5.52. The van der Waals surface area contributed by atoms with Gasteiger partial charge < -0.3 is 20.7 Å². The molecule has 6 nitrogen and oxygen atoms in total. The van der Waals surface area contributed by atoms with Crippen molar-refractivity contribution in [1.82, 2.24) is 15.3 Å². The Labute approximate surface area is 166 Å². The maximum atomic E-state index is 6.01. The molecule has 0 fully saturated rings. The molecule has 0 aliphatic carbocycles. The molecular formula is C22H29N5O. The second kappa shape index (κ2) is 7.80. The molecule has 0 radical (unpaired) electrons. The highest BCUT2D eigenvalue weighted by Crippen LogP contribution is 2.41. The summed E-state index contributed by atoms with van der Waals surface area (Å²) in [5.41, 5.74) is 6.71. The number of aromatic nitrogens is 2. The van der Waals surface area contributed by atoms with Crippen LogP contribution in [0.15, 0.2) is 18.2 Å². The lowest BCUT2D eigenvalue weighted by Crippen LogP contribution is -2.24. The highest BCUT2D eigenvalue weighted by atomic mass is 16.5. The molecule has 2 aliphatic heterocycles. The number of anilines is 3. The summed E-state index contributed by atoms with van der Waals surface area (Å²) in [5.74, 6) is 2.64. The molecule has 3 N–H and O–H groups in total. The van der Waals surface area contributed by atoms with Crippen molar-refractivity contribution in [3.63, 3.8) is 0 Å². The van der Waals surface area contributed by atoms with Gasteiger partial charge in [0.15, 0.2) is 0 Å². The first-order valence-corrected chi connectivity index (χ1v) is 10.1. The van der Waals surface area contributed by atoms with Crippen LogP contribution in [0.1, 0.15) is 42.3 Å². The molecule has 4 heterocycles. The van der Waals surface area contributed by atoms with E-state index in [2.05, 4.69) is 40.9 Å². The van der Waals surface area contributed by atoms with Crippen LogP contribution in [0.25, 0.3) is 5.57 Å². The molecule has 1 atom stereocenters. The van der Waals surface area contributed by atoms with Gasteiger partial charge in [-0.05, 0) is 45.3 Å². The molecular weight excluding hydrogens is 350 g/mol. The van der Waals surface area contributed by atoms with Crippen molar-refractivity contribution in [1.29, 1.82) is 0 Å². The van der Waals surface area contributed by atoms with Gasteiger partial charge in [0, 0.05) is 54.6 Å². The molecule has 2 aliphatic rings. The Kier molecular flexibility index (Phi) is 5.22. The number of rotatable bonds is 4. The van der Waals surface area contributed by atoms with E-state index in [9.17, 15) is 0 Å². The maximum absolute atomic E-state index is 6.01. The molecule has 2 aromatic heterocycles. The van der Waals surface area contributed by atoms with E-state index in [0.717, 1.165) is 65.8 Å². The minimum atomic E-state index is 0.527. The number of allylic oxidation sites excluding steroid dienone is 1. The van der Waals surface area contributed by atoms with E-state index in [-0.39, 0.29) is 0 Å². The van der Waals surface area contributed by atoms with Crippen LogP contribution in [0.4, 0.5) is 17.3 Å². The lowest BCUT2D eigenvalue weighted by Gasteiger charge is -2.18. The third kappa shape index (κ3) is 3.69. The number of nitrogens with zero attached hydrogens (tertiary/aromatic N) is 2. The molecule has 0 saturated heterocycles. The number of pyridine rings is 2. The third-order valence-corrected chi connectivity index (χ3v) is 5.52.